The molecule has 0 spiro atoms. The maximum Gasteiger partial charge on any atom is 0.140 e. The van der Waals surface area contributed by atoms with Crippen LogP contribution in [0.15, 0.2) is 116 Å². The van der Waals surface area contributed by atoms with Gasteiger partial charge < -0.3 is 18.9 Å². The third-order valence-electron chi connectivity index (χ3n) is 9.06. The van der Waals surface area contributed by atoms with Crippen molar-refractivity contribution in [1.82, 2.24) is 19.0 Å². The predicted molar refractivity (Wildman–Crippen MR) is 173 cm³/mol. The fourth-order valence-corrected chi connectivity index (χ4v) is 7.07. The maximum atomic E-state index is 5.04. The fraction of sp³-hybridized carbons (Fsp3) is 0.108. The summed E-state index contributed by atoms with van der Waals surface area (Å²) in [6.07, 6.45) is 5.23. The van der Waals surface area contributed by atoms with Gasteiger partial charge in [-0.2, -0.15) is 0 Å². The Morgan fingerprint density at radius 2 is 1.52 bits per heavy atom. The van der Waals surface area contributed by atoms with Gasteiger partial charge in [-0.3, -0.25) is 0 Å². The molecule has 9 rings (SSSR count). The van der Waals surface area contributed by atoms with Crippen molar-refractivity contribution in [2.24, 2.45) is 7.05 Å². The molecule has 0 amide bonds. The van der Waals surface area contributed by atoms with E-state index in [-0.39, 0.29) is 0 Å². The minimum Gasteiger partial charge on any atom is -0.361 e. The van der Waals surface area contributed by atoms with Gasteiger partial charge in [-0.25, -0.2) is 4.98 Å². The summed E-state index contributed by atoms with van der Waals surface area (Å²) in [5.74, 6) is 0.978. The zero-order chi connectivity index (χ0) is 27.9. The maximum absolute atomic E-state index is 5.04. The van der Waals surface area contributed by atoms with Crippen LogP contribution in [-0.2, 0) is 13.5 Å². The van der Waals surface area contributed by atoms with Crippen LogP contribution in [0.4, 0.5) is 5.69 Å². The van der Waals surface area contributed by atoms with E-state index in [4.69, 9.17) is 4.98 Å². The molecule has 0 saturated heterocycles. The van der Waals surface area contributed by atoms with E-state index in [0.29, 0.717) is 0 Å². The summed E-state index contributed by atoms with van der Waals surface area (Å²) in [6.45, 7) is 0.846. The Morgan fingerprint density at radius 1 is 0.667 bits per heavy atom. The van der Waals surface area contributed by atoms with Gasteiger partial charge in [0.25, 0.3) is 0 Å². The first-order valence-corrected chi connectivity index (χ1v) is 14.5. The quantitative estimate of drug-likeness (QED) is 0.226. The predicted octanol–water partition coefficient (Wildman–Crippen LogP) is 8.09. The second-order valence-electron chi connectivity index (χ2n) is 11.6. The molecule has 5 heteroatoms. The summed E-state index contributed by atoms with van der Waals surface area (Å²) in [7, 11) is 4.22. The van der Waals surface area contributed by atoms with Crippen molar-refractivity contribution < 1.29 is 0 Å². The lowest BCUT2D eigenvalue weighted by Crippen LogP contribution is -2.21. The van der Waals surface area contributed by atoms with Crippen molar-refractivity contribution in [2.45, 2.75) is 6.42 Å². The largest absolute Gasteiger partial charge is 0.361 e. The molecule has 5 nitrogen and oxygen atoms in total. The number of hydrogen-bond acceptors (Lipinski definition) is 3. The van der Waals surface area contributed by atoms with E-state index in [1.54, 1.807) is 0 Å². The lowest BCUT2D eigenvalue weighted by atomic mass is 10.0. The third kappa shape index (κ3) is 3.28. The highest BCUT2D eigenvalue weighted by molar-refractivity contribution is 6.14. The minimum atomic E-state index is 0.846. The Kier molecular flexibility index (Phi) is 4.80. The average Bonchev–Trinajstić information content (AvgIpc) is 3.78. The number of imidazole rings is 1. The molecular formula is C37H29N5. The molecule has 2 aromatic heterocycles. The molecule has 5 aromatic carbocycles. The summed E-state index contributed by atoms with van der Waals surface area (Å²) < 4.78 is 4.65. The number of anilines is 1. The van der Waals surface area contributed by atoms with Crippen LogP contribution >= 0.6 is 0 Å². The highest BCUT2D eigenvalue weighted by Gasteiger charge is 2.25. The third-order valence-corrected chi connectivity index (χ3v) is 9.06. The van der Waals surface area contributed by atoms with Gasteiger partial charge in [0.05, 0.1) is 28.7 Å². The van der Waals surface area contributed by atoms with E-state index in [2.05, 4.69) is 149 Å². The first-order valence-electron chi connectivity index (χ1n) is 14.5. The summed E-state index contributed by atoms with van der Waals surface area (Å²) in [6, 6.07) is 37.7. The Morgan fingerprint density at radius 3 is 2.40 bits per heavy atom. The van der Waals surface area contributed by atoms with Gasteiger partial charge in [0.1, 0.15) is 5.82 Å². The molecule has 3 heterocycles. The molecule has 42 heavy (non-hydrogen) atoms. The smallest absolute Gasteiger partial charge is 0.140 e. The molecule has 7 aromatic rings. The van der Waals surface area contributed by atoms with E-state index in [1.165, 1.54) is 49.7 Å². The highest BCUT2D eigenvalue weighted by atomic mass is 15.3. The van der Waals surface area contributed by atoms with Crippen LogP contribution in [-0.4, -0.2) is 32.7 Å². The molecule has 0 N–H and O–H groups in total. The minimum absolute atomic E-state index is 0.846. The van der Waals surface area contributed by atoms with Crippen LogP contribution in [0.5, 0.6) is 0 Å². The molecule has 0 atom stereocenters. The number of fused-ring (bicyclic) bond motifs is 8. The zero-order valence-electron chi connectivity index (χ0n) is 23.6. The van der Waals surface area contributed by atoms with Crippen LogP contribution in [0.2, 0.25) is 0 Å². The normalized spacial score (nSPS) is 14.0. The Hall–Kier alpha value is -5.29. The number of rotatable bonds is 3. The molecular weight excluding hydrogens is 514 g/mol. The van der Waals surface area contributed by atoms with Crippen molar-refractivity contribution in [1.29, 1.82) is 0 Å². The molecule has 0 unspecified atom stereocenters. The van der Waals surface area contributed by atoms with Crippen LogP contribution in [0.3, 0.4) is 0 Å². The second-order valence-corrected chi connectivity index (χ2v) is 11.6. The molecule has 0 fully saturated rings. The number of hydrogen-bond donors (Lipinski definition) is 0. The van der Waals surface area contributed by atoms with E-state index in [9.17, 15) is 0 Å². The number of aryl methyl sites for hydroxylation is 1. The molecule has 1 aliphatic carbocycles. The molecule has 0 radical (unpaired) electrons. The number of aromatic nitrogens is 3. The van der Waals surface area contributed by atoms with Gasteiger partial charge in [-0.05, 0) is 71.1 Å². The van der Waals surface area contributed by atoms with Crippen LogP contribution < -0.4 is 4.90 Å². The second kappa shape index (κ2) is 8.60. The van der Waals surface area contributed by atoms with Gasteiger partial charge in [0.15, 0.2) is 0 Å². The first-order chi connectivity index (χ1) is 20.6. The molecule has 1 aliphatic heterocycles. The summed E-state index contributed by atoms with van der Waals surface area (Å²) in [5.41, 5.74) is 13.6. The lowest BCUT2D eigenvalue weighted by molar-refractivity contribution is 0.496. The van der Waals surface area contributed by atoms with E-state index in [0.717, 1.165) is 41.2 Å². The first kappa shape index (κ1) is 23.4. The van der Waals surface area contributed by atoms with E-state index in [1.807, 2.05) is 0 Å². The van der Waals surface area contributed by atoms with E-state index >= 15 is 0 Å². The Labute approximate surface area is 244 Å². The molecule has 202 valence electrons. The fourth-order valence-electron chi connectivity index (χ4n) is 7.07. The summed E-state index contributed by atoms with van der Waals surface area (Å²) >= 11 is 0. The average molecular weight is 544 g/mol. The number of para-hydroxylation sites is 2. The Balaban J connectivity index is 1.32. The molecule has 0 bridgehead atoms. The monoisotopic (exact) mass is 543 g/mol. The molecule has 2 aliphatic rings. The van der Waals surface area contributed by atoms with Gasteiger partial charge in [0.2, 0.25) is 0 Å². The lowest BCUT2D eigenvalue weighted by Gasteiger charge is -2.19. The number of benzene rings is 5. The zero-order valence-corrected chi connectivity index (χ0v) is 23.6. The summed E-state index contributed by atoms with van der Waals surface area (Å²) in [5, 5.41) is 2.63. The van der Waals surface area contributed by atoms with Crippen LogP contribution in [0.25, 0.3) is 61.0 Å². The topological polar surface area (TPSA) is 29.2 Å². The van der Waals surface area contributed by atoms with Crippen molar-refractivity contribution in [3.63, 3.8) is 0 Å². The van der Waals surface area contributed by atoms with Crippen molar-refractivity contribution >= 4 is 38.5 Å². The van der Waals surface area contributed by atoms with Gasteiger partial charge in [0, 0.05) is 54.2 Å². The van der Waals surface area contributed by atoms with Crippen LogP contribution in [0, 0.1) is 0 Å². The van der Waals surface area contributed by atoms with Gasteiger partial charge >= 0.3 is 0 Å². The van der Waals surface area contributed by atoms with E-state index < -0.39 is 0 Å². The number of nitrogens with zero attached hydrogens (tertiary/aromatic N) is 5. The Bertz CT molecular complexity index is 2250. The van der Waals surface area contributed by atoms with Gasteiger partial charge in [-0.15, -0.1) is 0 Å². The SMILES string of the molecule is CN1C=CN(c2cccc(-n3c4cc(-c5nc6ccccc6n5C)ccc4c4c5c(ccc43)-c3ccccc3C5)c2)C1. The molecule has 0 saturated carbocycles. The standard InChI is InChI=1S/C37H29N5/c1-39-18-19-41(23-39)26-9-7-10-27(22-26)42-34-17-16-29-28-11-4-3-8-24(28)20-31(29)36(34)30-15-14-25(21-35(30)42)37-38-32-12-5-6-13-33(32)40(37)2/h3-19,21-22H,20,23H2,1-2H3. The van der Waals surface area contributed by atoms with Gasteiger partial charge in [-0.1, -0.05) is 60.7 Å². The highest BCUT2D eigenvalue weighted by Crippen LogP contribution is 2.45. The van der Waals surface area contributed by atoms with Crippen LogP contribution in [0.1, 0.15) is 11.1 Å². The van der Waals surface area contributed by atoms with Crippen molar-refractivity contribution in [2.75, 3.05) is 18.6 Å². The van der Waals surface area contributed by atoms with Crippen molar-refractivity contribution in [3.05, 3.63) is 127 Å². The van der Waals surface area contributed by atoms with Crippen molar-refractivity contribution in [3.8, 4) is 28.2 Å². The summed E-state index contributed by atoms with van der Waals surface area (Å²) in [4.78, 5) is 9.52.